The Balaban J connectivity index is 1.66. The first kappa shape index (κ1) is 32.3. The minimum atomic E-state index is -0.105. The molecule has 0 N–H and O–H groups in total. The maximum Gasteiger partial charge on any atom is 0.325 e. The third-order valence-corrected chi connectivity index (χ3v) is 8.59. The van der Waals surface area contributed by atoms with Gasteiger partial charge in [-0.2, -0.15) is 0 Å². The van der Waals surface area contributed by atoms with Crippen molar-refractivity contribution in [2.24, 2.45) is 10.8 Å². The lowest BCUT2D eigenvalue weighted by Crippen LogP contribution is -2.35. The number of likely N-dealkylation sites (N-methyl/N-ethyl adjacent to an activating group) is 2. The first-order valence-electron chi connectivity index (χ1n) is 13.9. The van der Waals surface area contributed by atoms with Crippen LogP contribution in [0.15, 0.2) is 0 Å². The van der Waals surface area contributed by atoms with Gasteiger partial charge in [0.25, 0.3) is 0 Å². The summed E-state index contributed by atoms with van der Waals surface area (Å²) in [6.07, 6.45) is 4.38. The van der Waals surface area contributed by atoms with E-state index >= 15 is 0 Å². The van der Waals surface area contributed by atoms with E-state index in [-0.39, 0.29) is 47.3 Å². The Bertz CT molecular complexity index is 860. The summed E-state index contributed by atoms with van der Waals surface area (Å²) in [5, 5.41) is 0. The Kier molecular flexibility index (Phi) is 11.8. The van der Waals surface area contributed by atoms with Crippen molar-refractivity contribution in [3.8, 4) is 0 Å². The minimum Gasteiger partial charge on any atom is -0.318 e. The van der Waals surface area contributed by atoms with Crippen molar-refractivity contribution in [2.75, 3.05) is 39.3 Å². The van der Waals surface area contributed by atoms with Crippen LogP contribution in [0.5, 0.6) is 0 Å². The number of carbonyl (C=O) groups excluding carboxylic acids is 4. The molecule has 0 aliphatic carbocycles. The highest BCUT2D eigenvalue weighted by molar-refractivity contribution is 7.80. The molecule has 0 spiro atoms. The van der Waals surface area contributed by atoms with Crippen LogP contribution in [0, 0.1) is 10.8 Å². The fraction of sp³-hybridized carbons (Fsp3) is 0.786. The zero-order valence-electron chi connectivity index (χ0n) is 24.1. The molecule has 0 atom stereocenters. The molecule has 214 valence electrons. The van der Waals surface area contributed by atoms with Crippen LogP contribution < -0.4 is 0 Å². The zero-order valence-corrected chi connectivity index (χ0v) is 25.8. The minimum absolute atomic E-state index is 0.0257. The standard InChI is InChI=1S/C28H46N4O4S2/c1-7-29-19-23(37)31(25(29)35)17-15-27(3,4)13-11-21(33)9-10-22(34)12-14-28(5,6)16-18-32-24(38)20-30(8-2)26(32)36/h7-20H2,1-6H3. The quantitative estimate of drug-likeness (QED) is 0.217. The first-order valence-corrected chi connectivity index (χ1v) is 14.7. The molecule has 2 fully saturated rings. The van der Waals surface area contributed by atoms with E-state index in [2.05, 4.69) is 27.7 Å². The first-order chi connectivity index (χ1) is 17.7. The van der Waals surface area contributed by atoms with Crippen molar-refractivity contribution in [1.29, 1.82) is 0 Å². The van der Waals surface area contributed by atoms with Crippen molar-refractivity contribution in [3.05, 3.63) is 0 Å². The summed E-state index contributed by atoms with van der Waals surface area (Å²) in [5.74, 6) is 0.217. The van der Waals surface area contributed by atoms with Crippen molar-refractivity contribution in [1.82, 2.24) is 19.6 Å². The van der Waals surface area contributed by atoms with Gasteiger partial charge in [-0.05, 0) is 50.4 Å². The van der Waals surface area contributed by atoms with Crippen molar-refractivity contribution < 1.29 is 19.2 Å². The second kappa shape index (κ2) is 13.9. The summed E-state index contributed by atoms with van der Waals surface area (Å²) in [4.78, 5) is 58.0. The number of hydrogen-bond donors (Lipinski definition) is 0. The summed E-state index contributed by atoms with van der Waals surface area (Å²) in [6, 6.07) is -0.0515. The monoisotopic (exact) mass is 566 g/mol. The van der Waals surface area contributed by atoms with Gasteiger partial charge in [0.05, 0.1) is 13.1 Å². The van der Waals surface area contributed by atoms with Crippen molar-refractivity contribution in [3.63, 3.8) is 0 Å². The van der Waals surface area contributed by atoms with E-state index in [0.29, 0.717) is 74.9 Å². The lowest BCUT2D eigenvalue weighted by atomic mass is 9.82. The topological polar surface area (TPSA) is 81.2 Å². The number of amides is 4. The second-order valence-corrected chi connectivity index (χ2v) is 13.0. The maximum atomic E-state index is 12.5. The van der Waals surface area contributed by atoms with E-state index in [0.717, 1.165) is 12.8 Å². The number of nitrogens with zero attached hydrogens (tertiary/aromatic N) is 4. The highest BCUT2D eigenvalue weighted by Crippen LogP contribution is 2.30. The molecule has 2 aliphatic heterocycles. The highest BCUT2D eigenvalue weighted by Gasteiger charge is 2.34. The molecule has 2 heterocycles. The van der Waals surface area contributed by atoms with Gasteiger partial charge in [0.2, 0.25) is 0 Å². The molecule has 0 aromatic heterocycles. The van der Waals surface area contributed by atoms with Gasteiger partial charge in [0.15, 0.2) is 0 Å². The van der Waals surface area contributed by atoms with Crippen LogP contribution in [0.2, 0.25) is 0 Å². The number of carbonyl (C=O) groups is 4. The fourth-order valence-corrected chi connectivity index (χ4v) is 5.34. The number of Topliss-reactive ketones (excluding diaryl/α,β-unsaturated/α-hetero) is 2. The van der Waals surface area contributed by atoms with Crippen LogP contribution in [0.4, 0.5) is 9.59 Å². The molecule has 2 aliphatic rings. The van der Waals surface area contributed by atoms with Crippen LogP contribution in [-0.2, 0) is 9.59 Å². The third kappa shape index (κ3) is 9.36. The molecular weight excluding hydrogens is 520 g/mol. The molecular formula is C28H46N4O4S2. The molecule has 0 aromatic rings. The third-order valence-electron chi connectivity index (χ3n) is 7.89. The van der Waals surface area contributed by atoms with Gasteiger partial charge in [-0.15, -0.1) is 0 Å². The smallest absolute Gasteiger partial charge is 0.318 e. The van der Waals surface area contributed by atoms with E-state index in [4.69, 9.17) is 24.4 Å². The highest BCUT2D eigenvalue weighted by atomic mass is 32.1. The Hall–Kier alpha value is -1.94. The lowest BCUT2D eigenvalue weighted by Gasteiger charge is -2.27. The lowest BCUT2D eigenvalue weighted by molar-refractivity contribution is -0.124. The van der Waals surface area contributed by atoms with Crippen LogP contribution in [-0.4, -0.2) is 92.5 Å². The second-order valence-electron chi connectivity index (χ2n) is 12.1. The molecule has 0 bridgehead atoms. The van der Waals surface area contributed by atoms with E-state index in [1.54, 1.807) is 19.6 Å². The van der Waals surface area contributed by atoms with Gasteiger partial charge in [-0.3, -0.25) is 19.4 Å². The van der Waals surface area contributed by atoms with E-state index in [9.17, 15) is 19.2 Å². The normalized spacial score (nSPS) is 16.9. The summed E-state index contributed by atoms with van der Waals surface area (Å²) in [5.41, 5.74) is -0.209. The van der Waals surface area contributed by atoms with Crippen LogP contribution in [0.1, 0.15) is 92.9 Å². The molecule has 0 radical (unpaired) electrons. The SMILES string of the molecule is CCN1CC(=S)N(CCC(C)(C)CCC(=O)CCC(=O)CCC(C)(C)CCN2C(=O)N(CC)CC2=S)C1=O. The predicted molar refractivity (Wildman–Crippen MR) is 158 cm³/mol. The van der Waals surface area contributed by atoms with Gasteiger partial charge >= 0.3 is 12.1 Å². The summed E-state index contributed by atoms with van der Waals surface area (Å²) < 4.78 is 0. The average Bonchev–Trinajstić information content (AvgIpc) is 3.30. The predicted octanol–water partition coefficient (Wildman–Crippen LogP) is 5.47. The number of thiocarbonyl (C=S) groups is 2. The van der Waals surface area contributed by atoms with Gasteiger partial charge < -0.3 is 9.80 Å². The number of hydrogen-bond acceptors (Lipinski definition) is 6. The Morgan fingerprint density at radius 2 is 1.00 bits per heavy atom. The molecule has 10 heteroatoms. The maximum absolute atomic E-state index is 12.5. The Morgan fingerprint density at radius 1 is 0.658 bits per heavy atom. The van der Waals surface area contributed by atoms with Crippen LogP contribution >= 0.6 is 24.4 Å². The van der Waals surface area contributed by atoms with Crippen molar-refractivity contribution in [2.45, 2.75) is 92.9 Å². The molecule has 38 heavy (non-hydrogen) atoms. The molecule has 0 unspecified atom stereocenters. The summed E-state index contributed by atoms with van der Waals surface area (Å²) in [6.45, 7) is 15.8. The summed E-state index contributed by atoms with van der Waals surface area (Å²) >= 11 is 10.7. The number of rotatable bonds is 17. The fourth-order valence-electron chi connectivity index (χ4n) is 4.69. The molecule has 0 saturated carbocycles. The van der Waals surface area contributed by atoms with Crippen LogP contribution in [0.25, 0.3) is 0 Å². The Morgan fingerprint density at radius 3 is 1.29 bits per heavy atom. The number of urea groups is 2. The van der Waals surface area contributed by atoms with Crippen LogP contribution in [0.3, 0.4) is 0 Å². The zero-order chi connectivity index (χ0) is 28.7. The average molecular weight is 567 g/mol. The molecule has 0 aromatic carbocycles. The summed E-state index contributed by atoms with van der Waals surface area (Å²) in [7, 11) is 0. The molecule has 4 amide bonds. The van der Waals surface area contributed by atoms with Gasteiger partial charge in [-0.25, -0.2) is 9.59 Å². The largest absolute Gasteiger partial charge is 0.325 e. The molecule has 2 rings (SSSR count). The van der Waals surface area contributed by atoms with E-state index in [1.165, 1.54) is 0 Å². The molecule has 8 nitrogen and oxygen atoms in total. The number of ketones is 2. The van der Waals surface area contributed by atoms with Gasteiger partial charge in [0, 0.05) is 51.9 Å². The van der Waals surface area contributed by atoms with Gasteiger partial charge in [0.1, 0.15) is 21.5 Å². The Labute approximate surface area is 239 Å². The van der Waals surface area contributed by atoms with Gasteiger partial charge in [-0.1, -0.05) is 52.1 Å². The van der Waals surface area contributed by atoms with E-state index < -0.39 is 0 Å². The van der Waals surface area contributed by atoms with E-state index in [1.807, 2.05) is 13.8 Å². The molecule has 2 saturated heterocycles. The van der Waals surface area contributed by atoms with Crippen molar-refractivity contribution >= 4 is 58.0 Å².